The van der Waals surface area contributed by atoms with Crippen LogP contribution >= 0.6 is 0 Å². The first-order chi connectivity index (χ1) is 19.6. The minimum atomic E-state index is -2.82. The van der Waals surface area contributed by atoms with Crippen molar-refractivity contribution >= 4 is 21.5 Å². The lowest BCUT2D eigenvalue weighted by Gasteiger charge is -2.21. The molecule has 0 amide bonds. The van der Waals surface area contributed by atoms with Crippen LogP contribution in [0.3, 0.4) is 0 Å². The van der Waals surface area contributed by atoms with Gasteiger partial charge in [0.05, 0.1) is 18.2 Å². The highest BCUT2D eigenvalue weighted by Crippen LogP contribution is 2.51. The molecule has 0 saturated carbocycles. The van der Waals surface area contributed by atoms with Crippen LogP contribution in [-0.4, -0.2) is 7.11 Å². The number of ether oxygens (including phenoxy) is 1. The third-order valence-corrected chi connectivity index (χ3v) is 6.40. The average Bonchev–Trinajstić information content (AvgIpc) is 2.95. The van der Waals surface area contributed by atoms with Crippen LogP contribution in [0.2, 0.25) is 0 Å². The summed E-state index contributed by atoms with van der Waals surface area (Å²) in [6, 6.07) is 0.199. The Balaban J connectivity index is 2.30. The molecule has 5 rings (SSSR count). The molecule has 0 unspecified atom stereocenters. The minimum absolute atomic E-state index is 0.313. The van der Waals surface area contributed by atoms with Crippen molar-refractivity contribution in [2.75, 3.05) is 7.11 Å². The predicted octanol–water partition coefficient (Wildman–Crippen LogP) is 9.28. The van der Waals surface area contributed by atoms with E-state index in [9.17, 15) is 35.1 Å². The Bertz CT molecular complexity index is 1890. The van der Waals surface area contributed by atoms with Crippen molar-refractivity contribution in [3.05, 3.63) is 99.6 Å². The maximum absolute atomic E-state index is 15.4. The lowest BCUT2D eigenvalue weighted by atomic mass is 9.84. The number of fused-ring (bicyclic) bond motifs is 2. The standard InChI is InChI=1S/C27H6F14O/c1-42-5-2-6(28)10(7(29)3-5)11-13-15(22(36)26(40)24(38)20(13)34)12(17-18(32)8(30)4-9(31)19(17)33)16-14(11)21(35)25(39)27(41)23(16)37/h2-4H,1H3. The summed E-state index contributed by atoms with van der Waals surface area (Å²) in [5, 5.41) is -8.19. The molecule has 0 fully saturated rings. The average molecular weight is 612 g/mol. The highest BCUT2D eigenvalue weighted by Gasteiger charge is 2.37. The summed E-state index contributed by atoms with van der Waals surface area (Å²) in [5.74, 6) is -36.1. The Hall–Kier alpha value is -4.56. The van der Waals surface area contributed by atoms with Crippen LogP contribution in [0.15, 0.2) is 18.2 Å². The Morgan fingerprint density at radius 1 is 0.333 bits per heavy atom. The lowest BCUT2D eigenvalue weighted by Crippen LogP contribution is -2.09. The molecule has 0 heterocycles. The van der Waals surface area contributed by atoms with Crippen LogP contribution in [0.5, 0.6) is 5.75 Å². The number of halogens is 14. The number of hydrogen-bond donors (Lipinski definition) is 0. The molecular formula is C27H6F14O. The van der Waals surface area contributed by atoms with Gasteiger partial charge in [-0.05, 0) is 0 Å². The van der Waals surface area contributed by atoms with Crippen LogP contribution in [0.1, 0.15) is 0 Å². The fourth-order valence-corrected chi connectivity index (χ4v) is 4.65. The first kappa shape index (κ1) is 29.0. The molecule has 5 aromatic carbocycles. The molecule has 0 aliphatic carbocycles. The third-order valence-electron chi connectivity index (χ3n) is 6.40. The molecule has 0 radical (unpaired) electrons. The summed E-state index contributed by atoms with van der Waals surface area (Å²) < 4.78 is 213. The monoisotopic (exact) mass is 612 g/mol. The minimum Gasteiger partial charge on any atom is -0.497 e. The molecule has 0 N–H and O–H groups in total. The van der Waals surface area contributed by atoms with E-state index in [1.807, 2.05) is 0 Å². The van der Waals surface area contributed by atoms with E-state index in [1.165, 1.54) is 0 Å². The second kappa shape index (κ2) is 9.77. The topological polar surface area (TPSA) is 9.23 Å². The zero-order valence-electron chi connectivity index (χ0n) is 19.9. The third kappa shape index (κ3) is 3.78. The maximum Gasteiger partial charge on any atom is 0.198 e. The summed E-state index contributed by atoms with van der Waals surface area (Å²) in [7, 11) is 0.898. The van der Waals surface area contributed by atoms with Crippen LogP contribution in [0.25, 0.3) is 43.8 Å². The number of benzene rings is 5. The van der Waals surface area contributed by atoms with E-state index in [0.717, 1.165) is 7.11 Å². The summed E-state index contributed by atoms with van der Waals surface area (Å²) in [5.41, 5.74) is -7.92. The fraction of sp³-hybridized carbons (Fsp3) is 0.0370. The van der Waals surface area contributed by atoms with E-state index >= 15 is 26.3 Å². The normalized spacial score (nSPS) is 11.7. The second-order valence-corrected chi connectivity index (χ2v) is 8.57. The van der Waals surface area contributed by atoms with Gasteiger partial charge in [-0.1, -0.05) is 0 Å². The largest absolute Gasteiger partial charge is 0.497 e. The van der Waals surface area contributed by atoms with Gasteiger partial charge in [-0.3, -0.25) is 0 Å². The summed E-state index contributed by atoms with van der Waals surface area (Å²) in [6.45, 7) is 0. The Morgan fingerprint density at radius 2 is 0.643 bits per heavy atom. The summed E-state index contributed by atoms with van der Waals surface area (Å²) in [4.78, 5) is 0. The van der Waals surface area contributed by atoms with Crippen molar-refractivity contribution in [1.82, 2.24) is 0 Å². The quantitative estimate of drug-likeness (QED) is 0.0855. The van der Waals surface area contributed by atoms with Crippen LogP contribution in [0, 0.1) is 81.4 Å². The predicted molar refractivity (Wildman–Crippen MR) is 118 cm³/mol. The van der Waals surface area contributed by atoms with E-state index in [4.69, 9.17) is 0 Å². The molecule has 5 aromatic rings. The summed E-state index contributed by atoms with van der Waals surface area (Å²) in [6.07, 6.45) is 0. The summed E-state index contributed by atoms with van der Waals surface area (Å²) >= 11 is 0. The van der Waals surface area contributed by atoms with Gasteiger partial charge in [-0.15, -0.1) is 0 Å². The highest BCUT2D eigenvalue weighted by atomic mass is 19.2. The molecule has 15 heteroatoms. The van der Waals surface area contributed by atoms with Gasteiger partial charge in [0, 0.05) is 50.9 Å². The van der Waals surface area contributed by atoms with Crippen molar-refractivity contribution in [1.29, 1.82) is 0 Å². The molecule has 0 aliphatic heterocycles. The van der Waals surface area contributed by atoms with Crippen molar-refractivity contribution < 1.29 is 66.2 Å². The maximum atomic E-state index is 15.4. The van der Waals surface area contributed by atoms with Gasteiger partial charge in [0.25, 0.3) is 0 Å². The van der Waals surface area contributed by atoms with Gasteiger partial charge >= 0.3 is 0 Å². The molecule has 0 bridgehead atoms. The Morgan fingerprint density at radius 3 is 0.952 bits per heavy atom. The van der Waals surface area contributed by atoms with E-state index in [1.54, 1.807) is 0 Å². The first-order valence-electron chi connectivity index (χ1n) is 11.0. The van der Waals surface area contributed by atoms with Crippen molar-refractivity contribution in [3.8, 4) is 28.0 Å². The molecule has 0 saturated heterocycles. The Labute approximate surface area is 223 Å². The van der Waals surface area contributed by atoms with Gasteiger partial charge in [0.15, 0.2) is 69.8 Å². The zero-order chi connectivity index (χ0) is 31.1. The molecule has 1 nitrogen and oxygen atoms in total. The van der Waals surface area contributed by atoms with Crippen LogP contribution in [0.4, 0.5) is 61.5 Å². The van der Waals surface area contributed by atoms with Crippen molar-refractivity contribution in [3.63, 3.8) is 0 Å². The smallest absolute Gasteiger partial charge is 0.198 e. The van der Waals surface area contributed by atoms with Gasteiger partial charge in [0.2, 0.25) is 0 Å². The molecule has 0 atom stereocenters. The molecule has 42 heavy (non-hydrogen) atoms. The molecular weight excluding hydrogens is 606 g/mol. The number of methoxy groups -OCH3 is 1. The second-order valence-electron chi connectivity index (χ2n) is 8.57. The SMILES string of the molecule is COc1cc(F)c(-c2c3c(F)c(F)c(F)c(F)c3c(-c3c(F)c(F)cc(F)c3F)c3c(F)c(F)c(F)c(F)c23)c(F)c1. The van der Waals surface area contributed by atoms with E-state index < -0.39 is 137 Å². The van der Waals surface area contributed by atoms with Crippen LogP contribution in [-0.2, 0) is 0 Å². The van der Waals surface area contributed by atoms with Gasteiger partial charge in [0.1, 0.15) is 17.4 Å². The molecule has 0 spiro atoms. The highest BCUT2D eigenvalue weighted by molar-refractivity contribution is 6.22. The van der Waals surface area contributed by atoms with Crippen molar-refractivity contribution in [2.45, 2.75) is 0 Å². The number of rotatable bonds is 3. The zero-order valence-corrected chi connectivity index (χ0v) is 19.9. The van der Waals surface area contributed by atoms with Crippen molar-refractivity contribution in [2.24, 2.45) is 0 Å². The van der Waals surface area contributed by atoms with E-state index in [2.05, 4.69) is 4.74 Å². The molecule has 0 aromatic heterocycles. The molecule has 218 valence electrons. The van der Waals surface area contributed by atoms with Crippen LogP contribution < -0.4 is 4.74 Å². The first-order valence-corrected chi connectivity index (χ1v) is 11.0. The fourth-order valence-electron chi connectivity index (χ4n) is 4.65. The van der Waals surface area contributed by atoms with Gasteiger partial charge in [-0.25, -0.2) is 61.5 Å². The van der Waals surface area contributed by atoms with Gasteiger partial charge in [-0.2, -0.15) is 0 Å². The molecule has 0 aliphatic rings. The number of hydrogen-bond acceptors (Lipinski definition) is 1. The van der Waals surface area contributed by atoms with Gasteiger partial charge < -0.3 is 4.74 Å². The Kier molecular flexibility index (Phi) is 6.74. The van der Waals surface area contributed by atoms with E-state index in [-0.39, 0.29) is 0 Å². The van der Waals surface area contributed by atoms with E-state index in [0.29, 0.717) is 12.1 Å². The lowest BCUT2D eigenvalue weighted by molar-refractivity contribution is 0.407.